The number of hydrogen-bond donors (Lipinski definition) is 2. The molecule has 0 radical (unpaired) electrons. The lowest BCUT2D eigenvalue weighted by Gasteiger charge is -2.12. The Kier molecular flexibility index (Phi) is 6.96. The Morgan fingerprint density at radius 3 is 2.38 bits per heavy atom. The van der Waals surface area contributed by atoms with Crippen molar-refractivity contribution in [3.8, 4) is 0 Å². The molecule has 10 heteroatoms. The lowest BCUT2D eigenvalue weighted by atomic mass is 10.1. The largest absolute Gasteiger partial charge is 0.411 e. The van der Waals surface area contributed by atoms with Gasteiger partial charge in [0, 0.05) is 20.6 Å². The van der Waals surface area contributed by atoms with Crippen LogP contribution >= 0.6 is 0 Å². The van der Waals surface area contributed by atoms with Gasteiger partial charge in [-0.3, -0.25) is 9.67 Å². The van der Waals surface area contributed by atoms with Crippen LogP contribution in [0.4, 0.5) is 13.2 Å². The van der Waals surface area contributed by atoms with Crippen molar-refractivity contribution in [1.82, 2.24) is 25.4 Å². The van der Waals surface area contributed by atoms with Gasteiger partial charge >= 0.3 is 6.18 Å². The van der Waals surface area contributed by atoms with E-state index in [1.54, 1.807) is 30.9 Å². The Morgan fingerprint density at radius 2 is 1.81 bits per heavy atom. The maximum atomic E-state index is 12.0. The van der Waals surface area contributed by atoms with Gasteiger partial charge in [-0.25, -0.2) is 4.98 Å². The predicted octanol–water partition coefficient (Wildman–Crippen LogP) is 1.76. The van der Waals surface area contributed by atoms with E-state index >= 15 is 0 Å². The predicted molar refractivity (Wildman–Crippen MR) is 90.2 cm³/mol. The number of hydrogen-bond acceptors (Lipinski definition) is 4. The summed E-state index contributed by atoms with van der Waals surface area (Å²) in [5.74, 6) is 1.38. The molecule has 0 aliphatic carbocycles. The highest BCUT2D eigenvalue weighted by Crippen LogP contribution is 2.15. The van der Waals surface area contributed by atoms with E-state index < -0.39 is 12.8 Å². The van der Waals surface area contributed by atoms with E-state index in [2.05, 4.69) is 30.4 Å². The van der Waals surface area contributed by atoms with Gasteiger partial charge in [0.05, 0.1) is 13.2 Å². The molecule has 0 spiro atoms. The van der Waals surface area contributed by atoms with Crippen molar-refractivity contribution in [1.29, 1.82) is 0 Å². The molecule has 0 aliphatic rings. The Morgan fingerprint density at radius 1 is 1.15 bits per heavy atom. The first-order valence-corrected chi connectivity index (χ1v) is 7.87. The number of aromatic nitrogens is 3. The fourth-order valence-electron chi connectivity index (χ4n) is 2.09. The molecule has 0 aliphatic heterocycles. The molecule has 26 heavy (non-hydrogen) atoms. The first-order chi connectivity index (χ1) is 12.4. The van der Waals surface area contributed by atoms with Crippen molar-refractivity contribution >= 4 is 5.96 Å². The lowest BCUT2D eigenvalue weighted by Crippen LogP contribution is -2.36. The first-order valence-electron chi connectivity index (χ1n) is 7.87. The molecule has 142 valence electrons. The summed E-state index contributed by atoms with van der Waals surface area (Å²) in [6.07, 6.45) is -2.83. The summed E-state index contributed by atoms with van der Waals surface area (Å²) < 4.78 is 42.4. The Bertz CT molecular complexity index is 712. The van der Waals surface area contributed by atoms with Crippen LogP contribution in [0.15, 0.2) is 35.6 Å². The zero-order valence-electron chi connectivity index (χ0n) is 14.5. The minimum Gasteiger partial charge on any atom is -0.367 e. The standard InChI is InChI=1S/C16H21F3N6O/c1-20-15(22-8-14-23-11-24-25(14)2)21-7-12-3-5-13(6-4-12)9-26-10-16(17,18)19/h3-6,11H,7-10H2,1-2H3,(H2,20,21,22). The fourth-order valence-corrected chi connectivity index (χ4v) is 2.09. The van der Waals surface area contributed by atoms with Gasteiger partial charge in [0.1, 0.15) is 18.8 Å². The summed E-state index contributed by atoms with van der Waals surface area (Å²) in [7, 11) is 3.47. The van der Waals surface area contributed by atoms with Gasteiger partial charge in [-0.2, -0.15) is 18.3 Å². The van der Waals surface area contributed by atoms with E-state index in [0.717, 1.165) is 11.4 Å². The second kappa shape index (κ2) is 9.18. The molecular weight excluding hydrogens is 349 g/mol. The topological polar surface area (TPSA) is 76.4 Å². The van der Waals surface area contributed by atoms with Crippen molar-refractivity contribution in [2.75, 3.05) is 13.7 Å². The SMILES string of the molecule is CN=C(NCc1ccc(COCC(F)(F)F)cc1)NCc1ncnn1C. The van der Waals surface area contributed by atoms with Crippen LogP contribution in [0.25, 0.3) is 0 Å². The Balaban J connectivity index is 1.76. The number of alkyl halides is 3. The average Bonchev–Trinajstić information content (AvgIpc) is 3.00. The number of guanidine groups is 1. The van der Waals surface area contributed by atoms with Crippen molar-refractivity contribution in [3.63, 3.8) is 0 Å². The highest BCUT2D eigenvalue weighted by atomic mass is 19.4. The Hall–Kier alpha value is -2.62. The van der Waals surface area contributed by atoms with Crippen molar-refractivity contribution in [3.05, 3.63) is 47.5 Å². The zero-order valence-corrected chi connectivity index (χ0v) is 14.5. The number of aryl methyl sites for hydroxylation is 1. The fraction of sp³-hybridized carbons (Fsp3) is 0.438. The summed E-state index contributed by atoms with van der Waals surface area (Å²) in [6, 6.07) is 7.14. The van der Waals surface area contributed by atoms with Crippen LogP contribution in [0.1, 0.15) is 17.0 Å². The second-order valence-corrected chi connectivity index (χ2v) is 5.50. The molecule has 0 saturated carbocycles. The quantitative estimate of drug-likeness (QED) is 0.574. The van der Waals surface area contributed by atoms with Crippen molar-refractivity contribution < 1.29 is 17.9 Å². The van der Waals surface area contributed by atoms with Gasteiger partial charge in [-0.1, -0.05) is 24.3 Å². The van der Waals surface area contributed by atoms with E-state index in [-0.39, 0.29) is 6.61 Å². The van der Waals surface area contributed by atoms with E-state index in [9.17, 15) is 13.2 Å². The first kappa shape index (κ1) is 19.7. The van der Waals surface area contributed by atoms with E-state index in [0.29, 0.717) is 24.6 Å². The summed E-state index contributed by atoms with van der Waals surface area (Å²) in [5, 5.41) is 10.3. The van der Waals surface area contributed by atoms with Gasteiger partial charge in [-0.05, 0) is 11.1 Å². The summed E-state index contributed by atoms with van der Waals surface area (Å²) in [5.41, 5.74) is 1.65. The number of benzene rings is 1. The third kappa shape index (κ3) is 6.71. The van der Waals surface area contributed by atoms with Crippen LogP contribution in [0.5, 0.6) is 0 Å². The molecule has 2 rings (SSSR count). The maximum Gasteiger partial charge on any atom is 0.411 e. The van der Waals surface area contributed by atoms with Crippen LogP contribution < -0.4 is 10.6 Å². The molecule has 0 bridgehead atoms. The minimum absolute atomic E-state index is 0.0753. The van der Waals surface area contributed by atoms with Crippen LogP contribution in [-0.2, 0) is 31.5 Å². The normalized spacial score (nSPS) is 12.3. The maximum absolute atomic E-state index is 12.0. The molecule has 2 N–H and O–H groups in total. The minimum atomic E-state index is -4.31. The molecule has 0 atom stereocenters. The number of halogens is 3. The number of nitrogens with one attached hydrogen (secondary N) is 2. The van der Waals surface area contributed by atoms with Gasteiger partial charge < -0.3 is 15.4 Å². The molecule has 1 aromatic heterocycles. The van der Waals surface area contributed by atoms with Gasteiger partial charge in [-0.15, -0.1) is 0 Å². The molecule has 0 unspecified atom stereocenters. The smallest absolute Gasteiger partial charge is 0.367 e. The molecular formula is C16H21F3N6O. The average molecular weight is 370 g/mol. The third-order valence-corrected chi connectivity index (χ3v) is 3.46. The highest BCUT2D eigenvalue weighted by molar-refractivity contribution is 5.79. The highest BCUT2D eigenvalue weighted by Gasteiger charge is 2.27. The van der Waals surface area contributed by atoms with E-state index in [1.165, 1.54) is 6.33 Å². The van der Waals surface area contributed by atoms with Crippen LogP contribution in [0.3, 0.4) is 0 Å². The second-order valence-electron chi connectivity index (χ2n) is 5.50. The molecule has 0 saturated heterocycles. The summed E-state index contributed by atoms with van der Waals surface area (Å²) in [4.78, 5) is 8.24. The lowest BCUT2D eigenvalue weighted by molar-refractivity contribution is -0.176. The molecule has 0 amide bonds. The van der Waals surface area contributed by atoms with Crippen molar-refractivity contribution in [2.24, 2.45) is 12.0 Å². The summed E-state index contributed by atoms with van der Waals surface area (Å²) >= 11 is 0. The van der Waals surface area contributed by atoms with Crippen LogP contribution in [0, 0.1) is 0 Å². The molecule has 7 nitrogen and oxygen atoms in total. The molecule has 0 fully saturated rings. The number of rotatable bonds is 7. The molecule has 1 aromatic carbocycles. The number of aliphatic imine (C=N–C) groups is 1. The monoisotopic (exact) mass is 370 g/mol. The van der Waals surface area contributed by atoms with Gasteiger partial charge in [0.2, 0.25) is 0 Å². The molecule has 1 heterocycles. The van der Waals surface area contributed by atoms with Crippen LogP contribution in [0.2, 0.25) is 0 Å². The van der Waals surface area contributed by atoms with Gasteiger partial charge in [0.15, 0.2) is 5.96 Å². The zero-order chi connectivity index (χ0) is 19.0. The third-order valence-electron chi connectivity index (χ3n) is 3.46. The number of ether oxygens (including phenoxy) is 1. The van der Waals surface area contributed by atoms with E-state index in [4.69, 9.17) is 0 Å². The number of nitrogens with zero attached hydrogens (tertiary/aromatic N) is 4. The van der Waals surface area contributed by atoms with Crippen molar-refractivity contribution in [2.45, 2.75) is 25.9 Å². The summed E-state index contributed by atoms with van der Waals surface area (Å²) in [6.45, 7) is -0.328. The van der Waals surface area contributed by atoms with E-state index in [1.807, 2.05) is 12.1 Å². The molecule has 2 aromatic rings. The Labute approximate surface area is 149 Å². The van der Waals surface area contributed by atoms with Gasteiger partial charge in [0.25, 0.3) is 0 Å². The van der Waals surface area contributed by atoms with Crippen LogP contribution in [-0.4, -0.2) is 40.6 Å².